The predicted molar refractivity (Wildman–Crippen MR) is 93.0 cm³/mol. The van der Waals surface area contributed by atoms with Crippen molar-refractivity contribution in [3.05, 3.63) is 27.7 Å². The molecule has 0 spiro atoms. The van der Waals surface area contributed by atoms with Crippen LogP contribution in [0, 0.1) is 5.92 Å². The Bertz CT molecular complexity index is 445. The van der Waals surface area contributed by atoms with Crippen molar-refractivity contribution in [2.45, 2.75) is 58.9 Å². The van der Waals surface area contributed by atoms with Crippen LogP contribution in [0.2, 0.25) is 0 Å². The number of rotatable bonds is 9. The molecule has 1 aromatic rings. The first-order valence-corrected chi connectivity index (χ1v) is 9.11. The molecule has 0 unspecified atom stereocenters. The molecule has 1 aliphatic rings. The molecular formula is C18H28BrNO. The van der Waals surface area contributed by atoms with Crippen molar-refractivity contribution in [1.82, 2.24) is 5.32 Å². The molecule has 2 nitrogen and oxygen atoms in total. The second-order valence-electron chi connectivity index (χ2n) is 6.43. The first-order valence-electron chi connectivity index (χ1n) is 8.31. The van der Waals surface area contributed by atoms with Crippen molar-refractivity contribution in [2.24, 2.45) is 5.92 Å². The highest BCUT2D eigenvalue weighted by atomic mass is 79.9. The third-order valence-electron chi connectivity index (χ3n) is 4.03. The number of fused-ring (bicyclic) bond motifs is 1. The van der Waals surface area contributed by atoms with Gasteiger partial charge < -0.3 is 10.1 Å². The lowest BCUT2D eigenvalue weighted by Crippen LogP contribution is -2.15. The second kappa shape index (κ2) is 8.79. The quantitative estimate of drug-likeness (QED) is 0.625. The normalized spacial score (nSPS) is 13.5. The molecule has 21 heavy (non-hydrogen) atoms. The minimum atomic E-state index is 0.828. The van der Waals surface area contributed by atoms with E-state index in [-0.39, 0.29) is 0 Å². The largest absolute Gasteiger partial charge is 0.493 e. The Morgan fingerprint density at radius 2 is 2.00 bits per heavy atom. The highest BCUT2D eigenvalue weighted by Crippen LogP contribution is 2.32. The zero-order valence-electron chi connectivity index (χ0n) is 13.4. The molecule has 1 heterocycles. The summed E-state index contributed by atoms with van der Waals surface area (Å²) >= 11 is 3.60. The molecule has 0 atom stereocenters. The number of unbranched alkanes of at least 4 members (excludes halogenated alkanes) is 3. The van der Waals surface area contributed by atoms with Crippen LogP contribution in [0.25, 0.3) is 0 Å². The van der Waals surface area contributed by atoms with Gasteiger partial charge in [0.2, 0.25) is 0 Å². The van der Waals surface area contributed by atoms with E-state index in [4.69, 9.17) is 4.74 Å². The Kier molecular flexibility index (Phi) is 7.05. The summed E-state index contributed by atoms with van der Waals surface area (Å²) in [7, 11) is 0. The minimum absolute atomic E-state index is 0.828. The fourth-order valence-electron chi connectivity index (χ4n) is 2.86. The standard InChI is InChI=1S/C18H28BrNO/c1-14(2)7-5-3-4-6-9-20-13-16-12-17(19)11-15-8-10-21-18(15)16/h11-12,14,20H,3-10,13H2,1-2H3. The van der Waals surface area contributed by atoms with Crippen LogP contribution in [0.1, 0.15) is 57.1 Å². The molecule has 0 saturated heterocycles. The molecule has 0 aliphatic carbocycles. The molecule has 0 radical (unpaired) electrons. The number of halogens is 1. The lowest BCUT2D eigenvalue weighted by atomic mass is 10.0. The van der Waals surface area contributed by atoms with Crippen LogP contribution in [0.3, 0.4) is 0 Å². The van der Waals surface area contributed by atoms with E-state index in [2.05, 4.69) is 47.2 Å². The van der Waals surface area contributed by atoms with Gasteiger partial charge in [-0.1, -0.05) is 55.5 Å². The molecule has 0 fully saturated rings. The molecule has 0 bridgehead atoms. The van der Waals surface area contributed by atoms with Crippen molar-refractivity contribution < 1.29 is 4.74 Å². The highest BCUT2D eigenvalue weighted by Gasteiger charge is 2.16. The van der Waals surface area contributed by atoms with Gasteiger partial charge >= 0.3 is 0 Å². The highest BCUT2D eigenvalue weighted by molar-refractivity contribution is 9.10. The number of nitrogens with one attached hydrogen (secondary N) is 1. The maximum absolute atomic E-state index is 5.76. The number of hydrogen-bond acceptors (Lipinski definition) is 2. The van der Waals surface area contributed by atoms with Crippen molar-refractivity contribution in [3.8, 4) is 5.75 Å². The molecule has 3 heteroatoms. The smallest absolute Gasteiger partial charge is 0.127 e. The third kappa shape index (κ3) is 5.63. The molecule has 0 saturated carbocycles. The fraction of sp³-hybridized carbons (Fsp3) is 0.667. The Hall–Kier alpha value is -0.540. The van der Waals surface area contributed by atoms with E-state index < -0.39 is 0 Å². The van der Waals surface area contributed by atoms with Gasteiger partial charge in [0, 0.05) is 23.0 Å². The second-order valence-corrected chi connectivity index (χ2v) is 7.34. The van der Waals surface area contributed by atoms with Crippen LogP contribution in [-0.2, 0) is 13.0 Å². The predicted octanol–water partition coefficient (Wildman–Crippen LogP) is 5.08. The fourth-order valence-corrected chi connectivity index (χ4v) is 3.41. The summed E-state index contributed by atoms with van der Waals surface area (Å²) in [6, 6.07) is 4.36. The Balaban J connectivity index is 1.63. The summed E-state index contributed by atoms with van der Waals surface area (Å²) in [5.74, 6) is 1.96. The summed E-state index contributed by atoms with van der Waals surface area (Å²) in [6.07, 6.45) is 7.77. The number of benzene rings is 1. The van der Waals surface area contributed by atoms with Gasteiger partial charge in [0.1, 0.15) is 5.75 Å². The molecule has 0 aromatic heterocycles. The van der Waals surface area contributed by atoms with Gasteiger partial charge in [0.05, 0.1) is 6.61 Å². The van der Waals surface area contributed by atoms with E-state index >= 15 is 0 Å². The van der Waals surface area contributed by atoms with Gasteiger partial charge in [-0.2, -0.15) is 0 Å². The number of hydrogen-bond donors (Lipinski definition) is 1. The summed E-state index contributed by atoms with van der Waals surface area (Å²) in [5.41, 5.74) is 2.63. The number of ether oxygens (including phenoxy) is 1. The zero-order valence-corrected chi connectivity index (χ0v) is 15.0. The van der Waals surface area contributed by atoms with Crippen LogP contribution in [0.15, 0.2) is 16.6 Å². The monoisotopic (exact) mass is 353 g/mol. The molecule has 2 rings (SSSR count). The Morgan fingerprint density at radius 1 is 1.19 bits per heavy atom. The first-order chi connectivity index (χ1) is 10.2. The first kappa shape index (κ1) is 16.8. The van der Waals surface area contributed by atoms with Gasteiger partial charge in [-0.3, -0.25) is 0 Å². The lowest BCUT2D eigenvalue weighted by Gasteiger charge is -2.10. The van der Waals surface area contributed by atoms with Crippen LogP contribution >= 0.6 is 15.9 Å². The summed E-state index contributed by atoms with van der Waals surface area (Å²) in [4.78, 5) is 0. The van der Waals surface area contributed by atoms with Crippen LogP contribution < -0.4 is 10.1 Å². The van der Waals surface area contributed by atoms with Gasteiger partial charge in [-0.25, -0.2) is 0 Å². The molecule has 1 aromatic carbocycles. The summed E-state index contributed by atoms with van der Waals surface area (Å²) in [5, 5.41) is 3.56. The van der Waals surface area contributed by atoms with Crippen LogP contribution in [0.4, 0.5) is 0 Å². The maximum atomic E-state index is 5.76. The Labute approximate surface area is 137 Å². The van der Waals surface area contributed by atoms with E-state index in [9.17, 15) is 0 Å². The maximum Gasteiger partial charge on any atom is 0.127 e. The third-order valence-corrected chi connectivity index (χ3v) is 4.48. The molecule has 1 N–H and O–H groups in total. The summed E-state index contributed by atoms with van der Waals surface area (Å²) in [6.45, 7) is 7.45. The average molecular weight is 354 g/mol. The minimum Gasteiger partial charge on any atom is -0.493 e. The topological polar surface area (TPSA) is 21.3 Å². The van der Waals surface area contributed by atoms with E-state index in [1.165, 1.54) is 43.2 Å². The zero-order chi connectivity index (χ0) is 15.1. The Morgan fingerprint density at radius 3 is 2.81 bits per heavy atom. The van der Waals surface area contributed by atoms with E-state index in [0.29, 0.717) is 0 Å². The van der Waals surface area contributed by atoms with Crippen LogP contribution in [0.5, 0.6) is 5.75 Å². The molecule has 1 aliphatic heterocycles. The lowest BCUT2D eigenvalue weighted by molar-refractivity contribution is 0.352. The van der Waals surface area contributed by atoms with Crippen LogP contribution in [-0.4, -0.2) is 13.2 Å². The van der Waals surface area contributed by atoms with Crippen molar-refractivity contribution >= 4 is 15.9 Å². The van der Waals surface area contributed by atoms with Crippen molar-refractivity contribution in [1.29, 1.82) is 0 Å². The molecule has 0 amide bonds. The SMILES string of the molecule is CC(C)CCCCCCNCc1cc(Br)cc2c1OCC2. The van der Waals surface area contributed by atoms with E-state index in [1.807, 2.05) is 0 Å². The van der Waals surface area contributed by atoms with E-state index in [1.54, 1.807) is 0 Å². The van der Waals surface area contributed by atoms with Gasteiger partial charge in [-0.05, 0) is 36.6 Å². The average Bonchev–Trinajstić information content (AvgIpc) is 2.89. The van der Waals surface area contributed by atoms with Crippen molar-refractivity contribution in [2.75, 3.05) is 13.2 Å². The van der Waals surface area contributed by atoms with E-state index in [0.717, 1.165) is 42.3 Å². The van der Waals surface area contributed by atoms with Gasteiger partial charge in [-0.15, -0.1) is 0 Å². The molecule has 118 valence electrons. The summed E-state index contributed by atoms with van der Waals surface area (Å²) < 4.78 is 6.92. The molecular weight excluding hydrogens is 326 g/mol. The van der Waals surface area contributed by atoms with Gasteiger partial charge in [0.15, 0.2) is 0 Å². The van der Waals surface area contributed by atoms with Crippen molar-refractivity contribution in [3.63, 3.8) is 0 Å². The van der Waals surface area contributed by atoms with Gasteiger partial charge in [0.25, 0.3) is 0 Å².